The van der Waals surface area contributed by atoms with Gasteiger partial charge in [0.2, 0.25) is 0 Å². The van der Waals surface area contributed by atoms with Crippen LogP contribution < -0.4 is 5.73 Å². The molecule has 3 nitrogen and oxygen atoms in total. The van der Waals surface area contributed by atoms with Gasteiger partial charge in [0.25, 0.3) is 0 Å². The van der Waals surface area contributed by atoms with Gasteiger partial charge in [-0.2, -0.15) is 0 Å². The highest BCUT2D eigenvalue weighted by Crippen LogP contribution is 2.34. The van der Waals surface area contributed by atoms with E-state index in [-0.39, 0.29) is 0 Å². The Morgan fingerprint density at radius 1 is 1.10 bits per heavy atom. The van der Waals surface area contributed by atoms with Crippen LogP contribution in [-0.2, 0) is 13.0 Å². The molecule has 0 aliphatic heterocycles. The molecule has 0 amide bonds. The van der Waals surface area contributed by atoms with Crippen molar-refractivity contribution in [3.63, 3.8) is 0 Å². The quantitative estimate of drug-likeness (QED) is 0.737. The normalized spacial score (nSPS) is 16.7. The molecule has 1 aliphatic carbocycles. The number of nitrogens with zero attached hydrogens (tertiary/aromatic N) is 2. The van der Waals surface area contributed by atoms with Gasteiger partial charge in [0.1, 0.15) is 11.6 Å². The van der Waals surface area contributed by atoms with E-state index in [9.17, 15) is 0 Å². The monoisotopic (exact) mass is 277 g/mol. The Balaban J connectivity index is 2.17. The van der Waals surface area contributed by atoms with Crippen molar-refractivity contribution in [3.8, 4) is 0 Å². The lowest BCUT2D eigenvalue weighted by atomic mass is 9.88. The Morgan fingerprint density at radius 2 is 1.85 bits per heavy atom. The first-order chi connectivity index (χ1) is 9.77. The SMILES string of the molecule is CCCCCc1nc(C2CCCCC2)n(CCC)c1N. The third-order valence-corrected chi connectivity index (χ3v) is 4.55. The summed E-state index contributed by atoms with van der Waals surface area (Å²) in [6.07, 6.45) is 12.6. The maximum absolute atomic E-state index is 6.38. The standard InChI is InChI=1S/C17H31N3/c1-3-5-7-12-15-16(18)20(13-4-2)17(19-15)14-10-8-6-9-11-14/h14H,3-13,18H2,1-2H3. The van der Waals surface area contributed by atoms with E-state index in [1.165, 1.54) is 57.2 Å². The van der Waals surface area contributed by atoms with Gasteiger partial charge in [-0.15, -0.1) is 0 Å². The van der Waals surface area contributed by atoms with Gasteiger partial charge in [0.15, 0.2) is 0 Å². The van der Waals surface area contributed by atoms with Crippen LogP contribution in [0.4, 0.5) is 5.82 Å². The predicted molar refractivity (Wildman–Crippen MR) is 86.0 cm³/mol. The van der Waals surface area contributed by atoms with Crippen LogP contribution in [0.25, 0.3) is 0 Å². The highest BCUT2D eigenvalue weighted by Gasteiger charge is 2.23. The maximum Gasteiger partial charge on any atom is 0.126 e. The minimum absolute atomic E-state index is 0.650. The fourth-order valence-electron chi connectivity index (χ4n) is 3.39. The minimum Gasteiger partial charge on any atom is -0.384 e. The molecule has 0 saturated heterocycles. The number of nitrogens with two attached hydrogens (primary N) is 1. The van der Waals surface area contributed by atoms with Gasteiger partial charge >= 0.3 is 0 Å². The van der Waals surface area contributed by atoms with E-state index in [0.29, 0.717) is 5.92 Å². The molecule has 3 heteroatoms. The second-order valence-electron chi connectivity index (χ2n) is 6.25. The molecular weight excluding hydrogens is 246 g/mol. The van der Waals surface area contributed by atoms with E-state index < -0.39 is 0 Å². The number of anilines is 1. The van der Waals surface area contributed by atoms with Gasteiger partial charge in [-0.25, -0.2) is 4.98 Å². The lowest BCUT2D eigenvalue weighted by molar-refractivity contribution is 0.415. The summed E-state index contributed by atoms with van der Waals surface area (Å²) in [7, 11) is 0. The second-order valence-corrected chi connectivity index (χ2v) is 6.25. The van der Waals surface area contributed by atoms with Crippen molar-refractivity contribution < 1.29 is 0 Å². The summed E-state index contributed by atoms with van der Waals surface area (Å²) in [5.74, 6) is 2.89. The lowest BCUT2D eigenvalue weighted by Crippen LogP contribution is -2.13. The van der Waals surface area contributed by atoms with E-state index in [4.69, 9.17) is 10.7 Å². The summed E-state index contributed by atoms with van der Waals surface area (Å²) in [6.45, 7) is 5.49. The largest absolute Gasteiger partial charge is 0.384 e. The smallest absolute Gasteiger partial charge is 0.126 e. The fraction of sp³-hybridized carbons (Fsp3) is 0.824. The molecule has 114 valence electrons. The Bertz CT molecular complexity index is 403. The van der Waals surface area contributed by atoms with Gasteiger partial charge in [-0.05, 0) is 32.1 Å². The molecule has 1 aromatic rings. The van der Waals surface area contributed by atoms with Gasteiger partial charge in [-0.1, -0.05) is 46.0 Å². The summed E-state index contributed by atoms with van der Waals surface area (Å²) in [6, 6.07) is 0. The highest BCUT2D eigenvalue weighted by molar-refractivity contribution is 5.39. The average molecular weight is 277 g/mol. The summed E-state index contributed by atoms with van der Waals surface area (Å²) < 4.78 is 2.32. The van der Waals surface area contributed by atoms with Crippen LogP contribution in [0.5, 0.6) is 0 Å². The predicted octanol–water partition coefficient (Wildman–Crippen LogP) is 4.66. The lowest BCUT2D eigenvalue weighted by Gasteiger charge is -2.22. The highest BCUT2D eigenvalue weighted by atomic mass is 15.1. The molecule has 2 rings (SSSR count). The van der Waals surface area contributed by atoms with Gasteiger partial charge in [0.05, 0.1) is 5.69 Å². The van der Waals surface area contributed by atoms with Crippen molar-refractivity contribution in [1.82, 2.24) is 9.55 Å². The molecule has 0 atom stereocenters. The average Bonchev–Trinajstić information content (AvgIpc) is 2.78. The number of unbranched alkanes of at least 4 members (excludes halogenated alkanes) is 2. The van der Waals surface area contributed by atoms with Crippen LogP contribution in [0.2, 0.25) is 0 Å². The Kier molecular flexibility index (Phi) is 5.93. The number of aromatic nitrogens is 2. The Hall–Kier alpha value is -0.990. The maximum atomic E-state index is 6.38. The van der Waals surface area contributed by atoms with Crippen LogP contribution in [0.3, 0.4) is 0 Å². The number of hydrogen-bond donors (Lipinski definition) is 1. The molecule has 1 fully saturated rings. The van der Waals surface area contributed by atoms with Crippen molar-refractivity contribution in [2.75, 3.05) is 5.73 Å². The molecule has 2 N–H and O–H groups in total. The molecule has 0 bridgehead atoms. The minimum atomic E-state index is 0.650. The molecule has 0 spiro atoms. The number of rotatable bonds is 7. The van der Waals surface area contributed by atoms with E-state index >= 15 is 0 Å². The molecular formula is C17H31N3. The molecule has 0 unspecified atom stereocenters. The first-order valence-corrected chi connectivity index (χ1v) is 8.62. The molecule has 0 radical (unpaired) electrons. The Morgan fingerprint density at radius 3 is 2.50 bits per heavy atom. The third-order valence-electron chi connectivity index (χ3n) is 4.55. The van der Waals surface area contributed by atoms with E-state index in [1.54, 1.807) is 0 Å². The zero-order valence-electron chi connectivity index (χ0n) is 13.3. The number of nitrogen functional groups attached to an aromatic ring is 1. The molecule has 20 heavy (non-hydrogen) atoms. The first kappa shape index (κ1) is 15.4. The molecule has 1 heterocycles. The van der Waals surface area contributed by atoms with Gasteiger partial charge in [-0.3, -0.25) is 0 Å². The van der Waals surface area contributed by atoms with Crippen LogP contribution in [0.1, 0.15) is 89.1 Å². The van der Waals surface area contributed by atoms with Crippen molar-refractivity contribution in [1.29, 1.82) is 0 Å². The third kappa shape index (κ3) is 3.56. The molecule has 1 aromatic heterocycles. The number of imidazole rings is 1. The Labute approximate surface area is 124 Å². The molecule has 1 aliphatic rings. The van der Waals surface area contributed by atoms with Gasteiger partial charge < -0.3 is 10.3 Å². The zero-order chi connectivity index (χ0) is 14.4. The summed E-state index contributed by atoms with van der Waals surface area (Å²) >= 11 is 0. The zero-order valence-corrected chi connectivity index (χ0v) is 13.3. The van der Waals surface area contributed by atoms with Crippen LogP contribution in [0.15, 0.2) is 0 Å². The topological polar surface area (TPSA) is 43.8 Å². The van der Waals surface area contributed by atoms with Crippen molar-refractivity contribution >= 4 is 5.82 Å². The van der Waals surface area contributed by atoms with Crippen molar-refractivity contribution in [2.24, 2.45) is 0 Å². The van der Waals surface area contributed by atoms with Gasteiger partial charge in [0, 0.05) is 12.5 Å². The van der Waals surface area contributed by atoms with E-state index in [1.807, 2.05) is 0 Å². The molecule has 1 saturated carbocycles. The second kappa shape index (κ2) is 7.70. The molecule has 0 aromatic carbocycles. The van der Waals surface area contributed by atoms with Crippen molar-refractivity contribution in [2.45, 2.75) is 90.5 Å². The van der Waals surface area contributed by atoms with Crippen LogP contribution in [0, 0.1) is 0 Å². The van der Waals surface area contributed by atoms with Crippen LogP contribution in [-0.4, -0.2) is 9.55 Å². The first-order valence-electron chi connectivity index (χ1n) is 8.62. The summed E-state index contributed by atoms with van der Waals surface area (Å²) in [4.78, 5) is 4.96. The van der Waals surface area contributed by atoms with Crippen molar-refractivity contribution in [3.05, 3.63) is 11.5 Å². The van der Waals surface area contributed by atoms with E-state index in [2.05, 4.69) is 18.4 Å². The fourth-order valence-corrected chi connectivity index (χ4v) is 3.39. The van der Waals surface area contributed by atoms with Crippen LogP contribution >= 0.6 is 0 Å². The van der Waals surface area contributed by atoms with E-state index in [0.717, 1.165) is 30.9 Å². The summed E-state index contributed by atoms with van der Waals surface area (Å²) in [5.41, 5.74) is 7.54. The number of aryl methyl sites for hydroxylation is 1. The summed E-state index contributed by atoms with van der Waals surface area (Å²) in [5, 5.41) is 0. The number of hydrogen-bond acceptors (Lipinski definition) is 2.